The molecular formula is C15H11F3O4. The van der Waals surface area contributed by atoms with Crippen LogP contribution in [0.2, 0.25) is 0 Å². The van der Waals surface area contributed by atoms with Gasteiger partial charge in [-0.05, 0) is 11.6 Å². The molecule has 0 aliphatic rings. The Kier molecular flexibility index (Phi) is 4.25. The highest BCUT2D eigenvalue weighted by Gasteiger charge is 2.36. The van der Waals surface area contributed by atoms with Crippen LogP contribution in [0.15, 0.2) is 42.5 Å². The molecular weight excluding hydrogens is 301 g/mol. The number of alkyl halides is 3. The fourth-order valence-corrected chi connectivity index (χ4v) is 1.82. The van der Waals surface area contributed by atoms with Crippen LogP contribution in [0, 0.1) is 0 Å². The highest BCUT2D eigenvalue weighted by atomic mass is 19.4. The molecule has 2 aromatic rings. The van der Waals surface area contributed by atoms with Gasteiger partial charge in [-0.25, -0.2) is 4.79 Å². The van der Waals surface area contributed by atoms with E-state index < -0.39 is 34.8 Å². The van der Waals surface area contributed by atoms with Gasteiger partial charge >= 0.3 is 12.1 Å². The number of carbonyl (C=O) groups is 1. The van der Waals surface area contributed by atoms with Crippen molar-refractivity contribution in [3.8, 4) is 11.5 Å². The summed E-state index contributed by atoms with van der Waals surface area (Å²) in [4.78, 5) is 10.8. The standard InChI is InChI=1S/C15H11F3O4/c16-15(17,18)11-6-10(14(20)21)12(19)7-13(11)22-8-9-4-2-1-3-5-9/h1-7,19H,8H2,(H,20,21). The number of aromatic hydroxyl groups is 1. The van der Waals surface area contributed by atoms with Crippen molar-refractivity contribution in [3.05, 3.63) is 59.2 Å². The molecule has 0 atom stereocenters. The lowest BCUT2D eigenvalue weighted by molar-refractivity contribution is -0.139. The zero-order valence-electron chi connectivity index (χ0n) is 11.1. The summed E-state index contributed by atoms with van der Waals surface area (Å²) in [5.74, 6) is -3.07. The van der Waals surface area contributed by atoms with Crippen LogP contribution in [0.25, 0.3) is 0 Å². The van der Waals surface area contributed by atoms with E-state index in [4.69, 9.17) is 9.84 Å². The first-order chi connectivity index (χ1) is 10.3. The summed E-state index contributed by atoms with van der Waals surface area (Å²) in [5, 5.41) is 18.3. The van der Waals surface area contributed by atoms with Crippen molar-refractivity contribution in [3.63, 3.8) is 0 Å². The molecule has 2 rings (SSSR count). The molecule has 0 aromatic heterocycles. The van der Waals surface area contributed by atoms with Gasteiger partial charge in [0.15, 0.2) is 0 Å². The van der Waals surface area contributed by atoms with Gasteiger partial charge in [-0.3, -0.25) is 0 Å². The quantitative estimate of drug-likeness (QED) is 0.903. The minimum atomic E-state index is -4.80. The molecule has 0 bridgehead atoms. The molecule has 0 aliphatic heterocycles. The Labute approximate surface area is 123 Å². The topological polar surface area (TPSA) is 66.8 Å². The number of aromatic carboxylic acids is 1. The van der Waals surface area contributed by atoms with Crippen molar-refractivity contribution in [1.29, 1.82) is 0 Å². The molecule has 116 valence electrons. The lowest BCUT2D eigenvalue weighted by Crippen LogP contribution is -2.11. The Hall–Kier alpha value is -2.70. The van der Waals surface area contributed by atoms with E-state index in [9.17, 15) is 23.1 Å². The lowest BCUT2D eigenvalue weighted by Gasteiger charge is -2.15. The number of benzene rings is 2. The summed E-state index contributed by atoms with van der Waals surface area (Å²) in [5.41, 5.74) is -1.45. The fraction of sp³-hybridized carbons (Fsp3) is 0.133. The molecule has 0 saturated heterocycles. The molecule has 4 nitrogen and oxygen atoms in total. The van der Waals surface area contributed by atoms with E-state index in [2.05, 4.69) is 0 Å². The molecule has 0 unspecified atom stereocenters. The van der Waals surface area contributed by atoms with Crippen molar-refractivity contribution in [2.45, 2.75) is 12.8 Å². The Balaban J connectivity index is 2.37. The number of phenols is 1. The molecule has 2 aromatic carbocycles. The fourth-order valence-electron chi connectivity index (χ4n) is 1.82. The van der Waals surface area contributed by atoms with Gasteiger partial charge in [0.2, 0.25) is 0 Å². The molecule has 0 saturated carbocycles. The van der Waals surface area contributed by atoms with Gasteiger partial charge in [0.25, 0.3) is 0 Å². The third-order valence-corrected chi connectivity index (χ3v) is 2.87. The summed E-state index contributed by atoms with van der Waals surface area (Å²) in [6, 6.07) is 9.51. The molecule has 0 fully saturated rings. The second-order valence-corrected chi connectivity index (χ2v) is 4.44. The first-order valence-electron chi connectivity index (χ1n) is 6.13. The third-order valence-electron chi connectivity index (χ3n) is 2.87. The summed E-state index contributed by atoms with van der Waals surface area (Å²) in [6.07, 6.45) is -4.80. The predicted molar refractivity (Wildman–Crippen MR) is 70.8 cm³/mol. The second kappa shape index (κ2) is 5.97. The van der Waals surface area contributed by atoms with E-state index >= 15 is 0 Å². The number of rotatable bonds is 4. The zero-order chi connectivity index (χ0) is 16.3. The van der Waals surface area contributed by atoms with E-state index in [1.54, 1.807) is 30.3 Å². The van der Waals surface area contributed by atoms with E-state index in [1.807, 2.05) is 0 Å². The monoisotopic (exact) mass is 312 g/mol. The smallest absolute Gasteiger partial charge is 0.419 e. The van der Waals surface area contributed by atoms with Gasteiger partial charge in [0, 0.05) is 6.07 Å². The highest BCUT2D eigenvalue weighted by Crippen LogP contribution is 2.40. The first kappa shape index (κ1) is 15.7. The lowest BCUT2D eigenvalue weighted by atomic mass is 10.1. The zero-order valence-corrected chi connectivity index (χ0v) is 11.1. The van der Waals surface area contributed by atoms with Crippen LogP contribution in [0.5, 0.6) is 11.5 Å². The Morgan fingerprint density at radius 1 is 1.14 bits per heavy atom. The van der Waals surface area contributed by atoms with Crippen LogP contribution in [0.1, 0.15) is 21.5 Å². The van der Waals surface area contributed by atoms with Gasteiger partial charge in [-0.2, -0.15) is 13.2 Å². The SMILES string of the molecule is O=C(O)c1cc(C(F)(F)F)c(OCc2ccccc2)cc1O. The Bertz CT molecular complexity index is 681. The van der Waals surface area contributed by atoms with Crippen LogP contribution >= 0.6 is 0 Å². The van der Waals surface area contributed by atoms with Gasteiger partial charge < -0.3 is 14.9 Å². The molecule has 2 N–H and O–H groups in total. The summed E-state index contributed by atoms with van der Waals surface area (Å²) in [6.45, 7) is -0.143. The molecule has 0 spiro atoms. The average Bonchev–Trinajstić information content (AvgIpc) is 2.44. The maximum atomic E-state index is 13.0. The second-order valence-electron chi connectivity index (χ2n) is 4.44. The Morgan fingerprint density at radius 2 is 1.77 bits per heavy atom. The van der Waals surface area contributed by atoms with Crippen molar-refractivity contribution in [2.75, 3.05) is 0 Å². The van der Waals surface area contributed by atoms with Crippen LogP contribution in [0.3, 0.4) is 0 Å². The highest BCUT2D eigenvalue weighted by molar-refractivity contribution is 5.91. The van der Waals surface area contributed by atoms with Crippen LogP contribution in [0.4, 0.5) is 13.2 Å². The number of hydrogen-bond donors (Lipinski definition) is 2. The van der Waals surface area contributed by atoms with Gasteiger partial charge in [-0.1, -0.05) is 30.3 Å². The summed E-state index contributed by atoms with van der Waals surface area (Å²) >= 11 is 0. The van der Waals surface area contributed by atoms with Gasteiger partial charge in [-0.15, -0.1) is 0 Å². The van der Waals surface area contributed by atoms with Crippen molar-refractivity contribution in [1.82, 2.24) is 0 Å². The van der Waals surface area contributed by atoms with Crippen molar-refractivity contribution in [2.24, 2.45) is 0 Å². The van der Waals surface area contributed by atoms with Gasteiger partial charge in [0.1, 0.15) is 23.7 Å². The van der Waals surface area contributed by atoms with Crippen molar-refractivity contribution >= 4 is 5.97 Å². The number of hydrogen-bond acceptors (Lipinski definition) is 3. The largest absolute Gasteiger partial charge is 0.507 e. The Morgan fingerprint density at radius 3 is 2.32 bits per heavy atom. The van der Waals surface area contributed by atoms with E-state index in [0.29, 0.717) is 17.7 Å². The van der Waals surface area contributed by atoms with Crippen LogP contribution in [-0.4, -0.2) is 16.2 Å². The number of carboxylic acid groups (broad SMARTS) is 1. The number of carboxylic acids is 1. The maximum Gasteiger partial charge on any atom is 0.419 e. The van der Waals surface area contributed by atoms with Crippen molar-refractivity contribution < 1.29 is 32.9 Å². The average molecular weight is 312 g/mol. The van der Waals surface area contributed by atoms with E-state index in [-0.39, 0.29) is 6.61 Å². The molecule has 22 heavy (non-hydrogen) atoms. The molecule has 0 aliphatic carbocycles. The number of halogens is 3. The van der Waals surface area contributed by atoms with Crippen LogP contribution in [-0.2, 0) is 12.8 Å². The molecule has 0 heterocycles. The number of ether oxygens (including phenoxy) is 1. The predicted octanol–water partition coefficient (Wildman–Crippen LogP) is 3.69. The molecule has 0 amide bonds. The molecule has 0 radical (unpaired) electrons. The van der Waals surface area contributed by atoms with Gasteiger partial charge in [0.05, 0.1) is 5.56 Å². The normalized spacial score (nSPS) is 11.2. The van der Waals surface area contributed by atoms with Crippen LogP contribution < -0.4 is 4.74 Å². The van der Waals surface area contributed by atoms with E-state index in [1.165, 1.54) is 0 Å². The summed E-state index contributed by atoms with van der Waals surface area (Å²) in [7, 11) is 0. The third kappa shape index (κ3) is 3.49. The first-order valence-corrected chi connectivity index (χ1v) is 6.13. The molecule has 7 heteroatoms. The minimum absolute atomic E-state index is 0.143. The minimum Gasteiger partial charge on any atom is -0.507 e. The maximum absolute atomic E-state index is 13.0. The van der Waals surface area contributed by atoms with E-state index in [0.717, 1.165) is 0 Å². The summed E-state index contributed by atoms with van der Waals surface area (Å²) < 4.78 is 44.1.